The van der Waals surface area contributed by atoms with Crippen molar-refractivity contribution in [2.75, 3.05) is 6.54 Å². The number of para-hydroxylation sites is 1. The third kappa shape index (κ3) is 3.61. The highest BCUT2D eigenvalue weighted by atomic mass is 16.6. The van der Waals surface area contributed by atoms with Gasteiger partial charge in [-0.1, -0.05) is 86.6 Å². The van der Waals surface area contributed by atoms with Crippen molar-refractivity contribution in [1.82, 2.24) is 4.57 Å². The molecule has 4 rings (SSSR count). The van der Waals surface area contributed by atoms with Gasteiger partial charge < -0.3 is 4.57 Å². The van der Waals surface area contributed by atoms with Gasteiger partial charge in [0.1, 0.15) is 0 Å². The van der Waals surface area contributed by atoms with Crippen LogP contribution in [0.1, 0.15) is 42.4 Å². The lowest BCUT2D eigenvalue weighted by Gasteiger charge is -2.18. The second kappa shape index (κ2) is 8.15. The molecule has 4 nitrogen and oxygen atoms in total. The minimum absolute atomic E-state index is 0.144. The molecule has 0 amide bonds. The number of aryl methyl sites for hydroxylation is 1. The van der Waals surface area contributed by atoms with Crippen molar-refractivity contribution in [3.05, 3.63) is 106 Å². The molecule has 0 saturated heterocycles. The molecule has 0 aliphatic heterocycles. The van der Waals surface area contributed by atoms with Crippen LogP contribution in [0.15, 0.2) is 78.9 Å². The molecular formula is C26H26N2O2. The second-order valence-corrected chi connectivity index (χ2v) is 8.09. The van der Waals surface area contributed by atoms with E-state index in [2.05, 4.69) is 66.9 Å². The van der Waals surface area contributed by atoms with Gasteiger partial charge in [0.2, 0.25) is 6.54 Å². The molecule has 30 heavy (non-hydrogen) atoms. The van der Waals surface area contributed by atoms with E-state index in [9.17, 15) is 10.1 Å². The van der Waals surface area contributed by atoms with Crippen molar-refractivity contribution < 1.29 is 4.92 Å². The van der Waals surface area contributed by atoms with E-state index < -0.39 is 0 Å². The molecule has 4 aromatic rings. The summed E-state index contributed by atoms with van der Waals surface area (Å²) in [5.74, 6) is 0.0907. The smallest absolute Gasteiger partial charge is 0.214 e. The van der Waals surface area contributed by atoms with Crippen LogP contribution in [-0.4, -0.2) is 16.0 Å². The maximum absolute atomic E-state index is 11.7. The third-order valence-corrected chi connectivity index (χ3v) is 5.88. The maximum Gasteiger partial charge on any atom is 0.214 e. The summed E-state index contributed by atoms with van der Waals surface area (Å²) in [5.41, 5.74) is 6.42. The highest BCUT2D eigenvalue weighted by molar-refractivity contribution is 5.93. The van der Waals surface area contributed by atoms with Crippen LogP contribution < -0.4 is 0 Å². The topological polar surface area (TPSA) is 48.1 Å². The lowest BCUT2D eigenvalue weighted by molar-refractivity contribution is -0.481. The van der Waals surface area contributed by atoms with Gasteiger partial charge >= 0.3 is 0 Å². The Bertz CT molecular complexity index is 1180. The second-order valence-electron chi connectivity index (χ2n) is 8.09. The lowest BCUT2D eigenvalue weighted by Crippen LogP contribution is -2.15. The summed E-state index contributed by atoms with van der Waals surface area (Å²) in [5, 5.41) is 12.8. The highest BCUT2D eigenvalue weighted by Crippen LogP contribution is 2.40. The first-order chi connectivity index (χ1) is 14.5. The Morgan fingerprint density at radius 2 is 1.47 bits per heavy atom. The predicted molar refractivity (Wildman–Crippen MR) is 123 cm³/mol. The van der Waals surface area contributed by atoms with E-state index >= 15 is 0 Å². The molecule has 1 aromatic heterocycles. The summed E-state index contributed by atoms with van der Waals surface area (Å²) < 4.78 is 2.16. The van der Waals surface area contributed by atoms with E-state index in [-0.39, 0.29) is 17.4 Å². The summed E-state index contributed by atoms with van der Waals surface area (Å²) in [6.07, 6.45) is 0. The van der Waals surface area contributed by atoms with Gasteiger partial charge in [-0.2, -0.15) is 0 Å². The molecule has 1 heterocycles. The average molecular weight is 399 g/mol. The molecule has 0 fully saturated rings. The molecule has 1 atom stereocenters. The Morgan fingerprint density at radius 1 is 0.867 bits per heavy atom. The highest BCUT2D eigenvalue weighted by Gasteiger charge is 2.28. The number of nitrogens with zero attached hydrogens (tertiary/aromatic N) is 2. The van der Waals surface area contributed by atoms with Gasteiger partial charge in [0.15, 0.2) is 0 Å². The number of benzene rings is 3. The number of nitro groups is 1. The zero-order valence-corrected chi connectivity index (χ0v) is 17.6. The minimum Gasteiger partial charge on any atom is -0.343 e. The standard InChI is InChI=1S/C26H26N2O2/c1-18(2)19-13-15-20(16-14-19)23(17-28(29)30)25-22-11-7-8-12-24(22)27(3)26(25)21-9-5-4-6-10-21/h4-16,18,23H,17H2,1-3H3. The first kappa shape index (κ1) is 19.9. The van der Waals surface area contributed by atoms with Gasteiger partial charge in [0, 0.05) is 22.9 Å². The molecule has 0 spiro atoms. The van der Waals surface area contributed by atoms with Crippen molar-refractivity contribution in [2.24, 2.45) is 7.05 Å². The van der Waals surface area contributed by atoms with Gasteiger partial charge in [-0.3, -0.25) is 10.1 Å². The van der Waals surface area contributed by atoms with E-state index in [4.69, 9.17) is 0 Å². The van der Waals surface area contributed by atoms with Crippen LogP contribution in [0.25, 0.3) is 22.2 Å². The third-order valence-electron chi connectivity index (χ3n) is 5.88. The van der Waals surface area contributed by atoms with Gasteiger partial charge in [0.05, 0.1) is 11.6 Å². The molecule has 1 unspecified atom stereocenters. The normalized spacial score (nSPS) is 12.4. The summed E-state index contributed by atoms with van der Waals surface area (Å²) in [7, 11) is 2.04. The number of hydrogen-bond donors (Lipinski definition) is 0. The van der Waals surface area contributed by atoms with Crippen molar-refractivity contribution in [1.29, 1.82) is 0 Å². The summed E-state index contributed by atoms with van der Waals surface area (Å²) in [4.78, 5) is 11.5. The number of aromatic nitrogens is 1. The first-order valence-corrected chi connectivity index (χ1v) is 10.3. The lowest BCUT2D eigenvalue weighted by atomic mass is 9.86. The SMILES string of the molecule is CC(C)c1ccc(C(C[N+](=O)[O-])c2c(-c3ccccc3)n(C)c3ccccc23)cc1. The van der Waals surface area contributed by atoms with E-state index in [1.165, 1.54) is 5.56 Å². The van der Waals surface area contributed by atoms with Gasteiger partial charge in [0.25, 0.3) is 0 Å². The van der Waals surface area contributed by atoms with Crippen molar-refractivity contribution in [2.45, 2.75) is 25.7 Å². The van der Waals surface area contributed by atoms with Crippen molar-refractivity contribution in [3.8, 4) is 11.3 Å². The number of hydrogen-bond acceptors (Lipinski definition) is 2. The molecule has 0 aliphatic rings. The fourth-order valence-corrected chi connectivity index (χ4v) is 4.35. The maximum atomic E-state index is 11.7. The molecule has 0 radical (unpaired) electrons. The van der Waals surface area contributed by atoms with Crippen molar-refractivity contribution >= 4 is 10.9 Å². The zero-order chi connectivity index (χ0) is 21.3. The van der Waals surface area contributed by atoms with Crippen LogP contribution in [-0.2, 0) is 7.05 Å². The Morgan fingerprint density at radius 3 is 2.10 bits per heavy atom. The Kier molecular flexibility index (Phi) is 5.40. The minimum atomic E-state index is -0.331. The molecule has 0 bridgehead atoms. The van der Waals surface area contributed by atoms with Crippen LogP contribution in [0.3, 0.4) is 0 Å². The van der Waals surface area contributed by atoms with Gasteiger partial charge in [-0.25, -0.2) is 0 Å². The van der Waals surface area contributed by atoms with Crippen LogP contribution in [0.4, 0.5) is 0 Å². The van der Waals surface area contributed by atoms with Crippen molar-refractivity contribution in [3.63, 3.8) is 0 Å². The summed E-state index contributed by atoms with van der Waals surface area (Å²) in [6.45, 7) is 4.16. The Labute approximate surface area is 176 Å². The molecular weight excluding hydrogens is 372 g/mol. The molecule has 3 aromatic carbocycles. The summed E-state index contributed by atoms with van der Waals surface area (Å²) >= 11 is 0. The average Bonchev–Trinajstić information content (AvgIpc) is 3.05. The van der Waals surface area contributed by atoms with Crippen LogP contribution >= 0.6 is 0 Å². The fourth-order valence-electron chi connectivity index (χ4n) is 4.35. The predicted octanol–water partition coefficient (Wildman–Crippen LogP) is 6.38. The largest absolute Gasteiger partial charge is 0.343 e. The molecule has 0 saturated carbocycles. The van der Waals surface area contributed by atoms with E-state index in [1.807, 2.05) is 37.4 Å². The number of rotatable bonds is 6. The van der Waals surface area contributed by atoms with E-state index in [0.717, 1.165) is 33.3 Å². The molecule has 0 aliphatic carbocycles. The fraction of sp³-hybridized carbons (Fsp3) is 0.231. The van der Waals surface area contributed by atoms with E-state index in [1.54, 1.807) is 0 Å². The van der Waals surface area contributed by atoms with Crippen LogP contribution in [0.5, 0.6) is 0 Å². The van der Waals surface area contributed by atoms with Gasteiger partial charge in [-0.05, 0) is 34.2 Å². The van der Waals surface area contributed by atoms with E-state index in [0.29, 0.717) is 5.92 Å². The Hall–Kier alpha value is -3.40. The van der Waals surface area contributed by atoms with Crippen LogP contribution in [0.2, 0.25) is 0 Å². The quantitative estimate of drug-likeness (QED) is 0.279. The monoisotopic (exact) mass is 398 g/mol. The molecule has 152 valence electrons. The number of fused-ring (bicyclic) bond motifs is 1. The molecule has 0 N–H and O–H groups in total. The summed E-state index contributed by atoms with van der Waals surface area (Å²) in [6, 6.07) is 26.6. The Balaban J connectivity index is 1.99. The zero-order valence-electron chi connectivity index (χ0n) is 17.6. The first-order valence-electron chi connectivity index (χ1n) is 10.3. The molecule has 4 heteroatoms. The van der Waals surface area contributed by atoms with Crippen LogP contribution in [0, 0.1) is 10.1 Å². The van der Waals surface area contributed by atoms with Gasteiger partial charge in [-0.15, -0.1) is 0 Å².